The van der Waals surface area contributed by atoms with E-state index in [-0.39, 0.29) is 42.1 Å². The van der Waals surface area contributed by atoms with Crippen LogP contribution in [0.25, 0.3) is 0 Å². The number of fused-ring (bicyclic) bond motifs is 1. The molecule has 0 aromatic rings. The number of ether oxygens (including phenoxy) is 2. The molecule has 0 bridgehead atoms. The number of rotatable bonds is 12. The lowest BCUT2D eigenvalue weighted by Gasteiger charge is -2.40. The van der Waals surface area contributed by atoms with Crippen LogP contribution < -0.4 is 0 Å². The molecule has 2 aliphatic carbocycles. The van der Waals surface area contributed by atoms with Gasteiger partial charge in [0.2, 0.25) is 4.38 Å². The lowest BCUT2D eigenvalue weighted by atomic mass is 9.63. The van der Waals surface area contributed by atoms with Crippen LogP contribution in [0, 0.1) is 23.2 Å². The Labute approximate surface area is 207 Å². The Morgan fingerprint density at radius 3 is 2.39 bits per heavy atom. The number of thioether (sulfide) groups is 1. The van der Waals surface area contributed by atoms with E-state index in [1.807, 2.05) is 0 Å². The molecule has 0 heterocycles. The van der Waals surface area contributed by atoms with E-state index in [1.165, 1.54) is 18.9 Å². The van der Waals surface area contributed by atoms with Crippen molar-refractivity contribution < 1.29 is 32.7 Å². The van der Waals surface area contributed by atoms with Crippen molar-refractivity contribution in [1.82, 2.24) is 0 Å². The van der Waals surface area contributed by atoms with E-state index in [1.54, 1.807) is 13.8 Å². The van der Waals surface area contributed by atoms with Gasteiger partial charge in [0.1, 0.15) is 5.78 Å². The Hall–Kier alpha value is -0.470. The fraction of sp³-hybridized carbons (Fsp3) is 0.870. The highest BCUT2D eigenvalue weighted by atomic mass is 32.2. The second-order valence-corrected chi connectivity index (χ2v) is 14.1. The quantitative estimate of drug-likeness (QED) is 0.184. The summed E-state index contributed by atoms with van der Waals surface area (Å²) in [4.78, 5) is 25.4. The molecule has 5 atom stereocenters. The molecule has 190 valence electrons. The Bertz CT molecular complexity index is 742. The molecule has 2 fully saturated rings. The van der Waals surface area contributed by atoms with Gasteiger partial charge in [0.15, 0.2) is 5.66 Å². The first-order valence-electron chi connectivity index (χ1n) is 11.8. The number of carbonyl (C=O) groups is 2. The predicted octanol–water partition coefficient (Wildman–Crippen LogP) is 5.64. The van der Waals surface area contributed by atoms with Gasteiger partial charge in [0, 0.05) is 17.1 Å². The Morgan fingerprint density at radius 2 is 1.85 bits per heavy atom. The Kier molecular flexibility index (Phi) is 10.9. The molecule has 0 spiro atoms. The van der Waals surface area contributed by atoms with Crippen LogP contribution in [0.15, 0.2) is 0 Å². The van der Waals surface area contributed by atoms with Gasteiger partial charge in [-0.25, -0.2) is 0 Å². The lowest BCUT2D eigenvalue weighted by Crippen LogP contribution is -2.46. The number of carbonyl (C=O) groups excluding carboxylic acids is 2. The monoisotopic (exact) mass is 522 g/mol. The summed E-state index contributed by atoms with van der Waals surface area (Å²) in [5.74, 6) is 0.172. The summed E-state index contributed by atoms with van der Waals surface area (Å²) in [5, 5.41) is -0.258. The highest BCUT2D eigenvalue weighted by Crippen LogP contribution is 2.57. The predicted molar refractivity (Wildman–Crippen MR) is 135 cm³/mol. The molecule has 0 aromatic carbocycles. The zero-order chi connectivity index (χ0) is 24.8. The highest BCUT2D eigenvalue weighted by molar-refractivity contribution is 8.23. The third-order valence-electron chi connectivity index (χ3n) is 6.18. The molecule has 7 nitrogen and oxygen atoms in total. The zero-order valence-corrected chi connectivity index (χ0v) is 23.2. The third kappa shape index (κ3) is 7.76. The minimum absolute atomic E-state index is 0.0581. The maximum atomic E-state index is 13.5. The number of thiocarbonyl (C=S) groups is 1. The standard InChI is InChI=1S/C23H39O7PS2/c1-7-29-31(26,30-8-2)19(21(25)27-6)13-15(33-22(32)28-14-23(3,4)5)12-18-16-10-9-11-17(16)20(18)24/h15-19H,7-14H2,1-6H3/t15?,16-,17+,18?,19?/m0/s1. The second-order valence-electron chi connectivity index (χ2n) is 9.94. The molecule has 0 aliphatic heterocycles. The molecule has 10 heteroatoms. The van der Waals surface area contributed by atoms with Crippen molar-refractivity contribution in [2.45, 2.75) is 77.6 Å². The van der Waals surface area contributed by atoms with Crippen LogP contribution >= 0.6 is 31.6 Å². The summed E-state index contributed by atoms with van der Waals surface area (Å²) in [7, 11) is -2.51. The second kappa shape index (κ2) is 12.5. The van der Waals surface area contributed by atoms with E-state index in [0.29, 0.717) is 29.1 Å². The van der Waals surface area contributed by atoms with Gasteiger partial charge in [-0.05, 0) is 63.1 Å². The van der Waals surface area contributed by atoms with Gasteiger partial charge in [-0.15, -0.1) is 0 Å². The van der Waals surface area contributed by atoms with Crippen molar-refractivity contribution in [3.05, 3.63) is 0 Å². The molecule has 0 amide bonds. The molecule has 0 aromatic heterocycles. The SMILES string of the molecule is CCOP(=O)(OCC)C(CC(CC1C(=O)[C@@H]2CCC[C@H]12)SC(=S)OCC(C)(C)C)C(=O)OC. The smallest absolute Gasteiger partial charge is 0.344 e. The largest absolute Gasteiger partial charge is 0.478 e. The lowest BCUT2D eigenvalue weighted by molar-refractivity contribution is -0.141. The van der Waals surface area contributed by atoms with E-state index in [9.17, 15) is 14.2 Å². The molecular formula is C23H39O7PS2. The Balaban J connectivity index is 2.23. The summed E-state index contributed by atoms with van der Waals surface area (Å²) in [6, 6.07) is 0. The van der Waals surface area contributed by atoms with Crippen molar-refractivity contribution >= 4 is 47.7 Å². The summed E-state index contributed by atoms with van der Waals surface area (Å²) >= 11 is 6.80. The molecule has 0 radical (unpaired) electrons. The van der Waals surface area contributed by atoms with Gasteiger partial charge in [-0.2, -0.15) is 0 Å². The van der Waals surface area contributed by atoms with Crippen molar-refractivity contribution in [3.63, 3.8) is 0 Å². The van der Waals surface area contributed by atoms with Gasteiger partial charge in [0.05, 0.1) is 26.9 Å². The number of esters is 1. The number of hydrogen-bond acceptors (Lipinski definition) is 9. The minimum Gasteiger partial charge on any atom is -0.478 e. The maximum absolute atomic E-state index is 13.5. The van der Waals surface area contributed by atoms with Gasteiger partial charge in [-0.3, -0.25) is 14.2 Å². The van der Waals surface area contributed by atoms with Crippen LogP contribution in [0.3, 0.4) is 0 Å². The van der Waals surface area contributed by atoms with Crippen molar-refractivity contribution in [2.75, 3.05) is 26.9 Å². The summed E-state index contributed by atoms with van der Waals surface area (Å²) < 4.78 is 35.6. The Morgan fingerprint density at radius 1 is 1.21 bits per heavy atom. The first-order valence-corrected chi connectivity index (χ1v) is 14.7. The molecule has 3 unspecified atom stereocenters. The van der Waals surface area contributed by atoms with Gasteiger partial charge >= 0.3 is 13.6 Å². The van der Waals surface area contributed by atoms with Crippen molar-refractivity contribution in [1.29, 1.82) is 0 Å². The average Bonchev–Trinajstić information content (AvgIpc) is 3.18. The first-order chi connectivity index (χ1) is 15.5. The normalized spacial score (nSPS) is 24.5. The zero-order valence-electron chi connectivity index (χ0n) is 20.7. The molecule has 33 heavy (non-hydrogen) atoms. The minimum atomic E-state index is -3.77. The van der Waals surface area contributed by atoms with E-state index in [2.05, 4.69) is 20.8 Å². The van der Waals surface area contributed by atoms with E-state index >= 15 is 0 Å². The van der Waals surface area contributed by atoms with E-state index in [4.69, 9.17) is 30.7 Å². The summed E-state index contributed by atoms with van der Waals surface area (Å²) in [6.45, 7) is 10.3. The average molecular weight is 523 g/mol. The third-order valence-corrected chi connectivity index (χ3v) is 10.0. The number of hydrogen-bond donors (Lipinski definition) is 0. The van der Waals surface area contributed by atoms with Crippen LogP contribution in [0.2, 0.25) is 0 Å². The summed E-state index contributed by atoms with van der Waals surface area (Å²) in [5.41, 5.74) is -1.16. The molecule has 2 saturated carbocycles. The van der Waals surface area contributed by atoms with Crippen LogP contribution in [-0.2, 0) is 32.7 Å². The maximum Gasteiger partial charge on any atom is 0.344 e. The molecule has 0 N–H and O–H groups in total. The first kappa shape index (κ1) is 28.8. The van der Waals surface area contributed by atoms with Crippen LogP contribution in [0.1, 0.15) is 66.7 Å². The topological polar surface area (TPSA) is 88.1 Å². The highest BCUT2D eigenvalue weighted by Gasteiger charge is 2.53. The van der Waals surface area contributed by atoms with Crippen molar-refractivity contribution in [2.24, 2.45) is 23.2 Å². The van der Waals surface area contributed by atoms with E-state index < -0.39 is 19.2 Å². The van der Waals surface area contributed by atoms with Crippen LogP contribution in [0.4, 0.5) is 0 Å². The molecule has 0 saturated heterocycles. The van der Waals surface area contributed by atoms with Crippen LogP contribution in [0.5, 0.6) is 0 Å². The summed E-state index contributed by atoms with van der Waals surface area (Å²) in [6.07, 6.45) is 3.82. The van der Waals surface area contributed by atoms with Gasteiger partial charge in [-0.1, -0.05) is 39.0 Å². The fourth-order valence-corrected chi connectivity index (χ4v) is 8.35. The molecular weight excluding hydrogens is 483 g/mol. The van der Waals surface area contributed by atoms with Crippen molar-refractivity contribution in [3.8, 4) is 0 Å². The van der Waals surface area contributed by atoms with Gasteiger partial charge < -0.3 is 18.5 Å². The van der Waals surface area contributed by atoms with Gasteiger partial charge in [0.25, 0.3) is 0 Å². The molecule has 2 aliphatic rings. The number of methoxy groups -OCH3 is 1. The fourth-order valence-electron chi connectivity index (χ4n) is 4.72. The molecule has 2 rings (SSSR count). The van der Waals surface area contributed by atoms with Crippen LogP contribution in [-0.4, -0.2) is 54.0 Å². The van der Waals surface area contributed by atoms with E-state index in [0.717, 1.165) is 19.3 Å². The number of ketones is 1. The number of Topliss-reactive ketones (excluding diaryl/α,β-unsaturated/α-hetero) is 1.